The quantitative estimate of drug-likeness (QED) is 0.451. The molecule has 28 heavy (non-hydrogen) atoms. The van der Waals surface area contributed by atoms with E-state index < -0.39 is 64.3 Å². The van der Waals surface area contributed by atoms with Crippen molar-refractivity contribution in [3.63, 3.8) is 0 Å². The second-order valence-electron chi connectivity index (χ2n) is 7.57. The molecule has 1 aromatic carbocycles. The number of carbonyl (C=O) groups is 3. The van der Waals surface area contributed by atoms with E-state index in [0.29, 0.717) is 5.56 Å². The normalized spacial score (nSPS) is 32.0. The fraction of sp³-hybridized carbons (Fsp3) is 0.350. The molecule has 3 aliphatic rings. The third kappa shape index (κ3) is 2.18. The number of ketones is 2. The Kier molecular flexibility index (Phi) is 3.87. The highest BCUT2D eigenvalue weighted by Crippen LogP contribution is 2.53. The lowest BCUT2D eigenvalue weighted by Gasteiger charge is -2.46. The lowest BCUT2D eigenvalue weighted by atomic mass is 9.58. The highest BCUT2D eigenvalue weighted by molar-refractivity contribution is 6.22. The van der Waals surface area contributed by atoms with Crippen molar-refractivity contribution >= 4 is 17.5 Å². The van der Waals surface area contributed by atoms with Crippen LogP contribution in [-0.2, 0) is 9.59 Å². The van der Waals surface area contributed by atoms with E-state index in [9.17, 15) is 34.8 Å². The van der Waals surface area contributed by atoms with Gasteiger partial charge in [0.05, 0.1) is 17.6 Å². The molecule has 0 fully saturated rings. The van der Waals surface area contributed by atoms with Gasteiger partial charge in [-0.05, 0) is 17.5 Å². The predicted octanol–water partition coefficient (Wildman–Crippen LogP) is 0.997. The summed E-state index contributed by atoms with van der Waals surface area (Å²) >= 11 is 0. The monoisotopic (exact) mass is 385 g/mol. The van der Waals surface area contributed by atoms with Crippen LogP contribution in [0.2, 0.25) is 0 Å². The smallest absolute Gasteiger partial charge is 0.255 e. The number of phenolic OH excluding ortho intramolecular Hbond substituents is 1. The van der Waals surface area contributed by atoms with Crippen molar-refractivity contribution in [3.05, 3.63) is 52.0 Å². The summed E-state index contributed by atoms with van der Waals surface area (Å²) in [6.45, 7) is 1.75. The van der Waals surface area contributed by atoms with E-state index in [1.54, 1.807) is 19.1 Å². The first-order valence-electron chi connectivity index (χ1n) is 8.90. The molecule has 1 aromatic rings. The maximum absolute atomic E-state index is 13.1. The average Bonchev–Trinajstić information content (AvgIpc) is 2.61. The highest BCUT2D eigenvalue weighted by atomic mass is 16.3. The minimum Gasteiger partial charge on any atom is -0.511 e. The van der Waals surface area contributed by atoms with E-state index >= 15 is 0 Å². The Bertz CT molecular complexity index is 1010. The molecule has 146 valence electrons. The third-order valence-corrected chi connectivity index (χ3v) is 6.21. The minimum atomic E-state index is -1.36. The Labute approximate surface area is 159 Å². The summed E-state index contributed by atoms with van der Waals surface area (Å²) in [7, 11) is 0. The van der Waals surface area contributed by atoms with Crippen LogP contribution in [0, 0.1) is 17.8 Å². The first-order valence-corrected chi connectivity index (χ1v) is 8.90. The van der Waals surface area contributed by atoms with Crippen LogP contribution in [-0.4, -0.2) is 44.0 Å². The van der Waals surface area contributed by atoms with Crippen LogP contribution in [0.4, 0.5) is 0 Å². The van der Waals surface area contributed by atoms with Gasteiger partial charge >= 0.3 is 0 Å². The molecule has 0 radical (unpaired) electrons. The number of primary amides is 1. The Morgan fingerprint density at radius 2 is 1.86 bits per heavy atom. The molecule has 0 heterocycles. The summed E-state index contributed by atoms with van der Waals surface area (Å²) in [5.74, 6) is -7.57. The van der Waals surface area contributed by atoms with Crippen LogP contribution in [0.3, 0.4) is 0 Å². The molecule has 0 bridgehead atoms. The summed E-state index contributed by atoms with van der Waals surface area (Å²) in [6, 6.07) is 4.60. The van der Waals surface area contributed by atoms with Gasteiger partial charge in [-0.25, -0.2) is 0 Å². The number of fused-ring (bicyclic) bond motifs is 3. The van der Waals surface area contributed by atoms with Crippen LogP contribution in [0.15, 0.2) is 40.9 Å². The standard InChI is InChI=1S/C20H19NO7/c1-6-7-3-2-4-9(22)12(7)17(25)15-11(6)16(24)8-5-10(23)14(20(21)28)18(26)13(8)19(15)27/h2-4,6,8,11,13,16,22-24,27H,5H2,1H3,(H2,21,28)/t6-,8-,11+,13?,16+/m0/s1. The van der Waals surface area contributed by atoms with E-state index in [-0.39, 0.29) is 23.3 Å². The molecule has 3 aliphatic carbocycles. The van der Waals surface area contributed by atoms with Crippen LogP contribution < -0.4 is 5.73 Å². The summed E-state index contributed by atoms with van der Waals surface area (Å²) in [4.78, 5) is 37.4. The number of rotatable bonds is 1. The van der Waals surface area contributed by atoms with Crippen molar-refractivity contribution < 1.29 is 34.8 Å². The molecule has 6 N–H and O–H groups in total. The molecular weight excluding hydrogens is 366 g/mol. The fourth-order valence-corrected chi connectivity index (χ4v) is 4.95. The number of aliphatic hydroxyl groups is 3. The van der Waals surface area contributed by atoms with Crippen molar-refractivity contribution in [2.75, 3.05) is 0 Å². The number of phenols is 1. The highest BCUT2D eigenvalue weighted by Gasteiger charge is 2.55. The van der Waals surface area contributed by atoms with Gasteiger partial charge in [-0.3, -0.25) is 14.4 Å². The summed E-state index contributed by atoms with van der Waals surface area (Å²) in [6.07, 6.45) is -1.46. The Hall–Kier alpha value is -3.13. The van der Waals surface area contributed by atoms with Gasteiger partial charge in [-0.2, -0.15) is 0 Å². The third-order valence-electron chi connectivity index (χ3n) is 6.21. The number of hydrogen-bond acceptors (Lipinski definition) is 7. The van der Waals surface area contributed by atoms with Crippen molar-refractivity contribution in [1.29, 1.82) is 0 Å². The number of carbonyl (C=O) groups excluding carboxylic acids is 3. The topological polar surface area (TPSA) is 158 Å². The number of allylic oxidation sites excluding steroid dienone is 2. The zero-order valence-corrected chi connectivity index (χ0v) is 14.9. The van der Waals surface area contributed by atoms with Crippen LogP contribution in [0.25, 0.3) is 0 Å². The molecule has 0 aromatic heterocycles. The second-order valence-corrected chi connectivity index (χ2v) is 7.57. The SMILES string of the molecule is C[C@H]1c2cccc(O)c2C(=O)C2=C(O)C3C(=O)C(C(N)=O)=C(O)C[C@@H]3[C@@H](O)[C@@H]21. The van der Waals surface area contributed by atoms with Gasteiger partial charge < -0.3 is 26.2 Å². The molecule has 0 saturated heterocycles. The van der Waals surface area contributed by atoms with Gasteiger partial charge in [0.1, 0.15) is 22.8 Å². The molecule has 1 amide bonds. The van der Waals surface area contributed by atoms with Crippen LogP contribution >= 0.6 is 0 Å². The number of benzene rings is 1. The Balaban J connectivity index is 1.94. The van der Waals surface area contributed by atoms with E-state index in [2.05, 4.69) is 0 Å². The lowest BCUT2D eigenvalue weighted by Crippen LogP contribution is -2.51. The zero-order chi connectivity index (χ0) is 20.5. The molecular formula is C20H19NO7. The van der Waals surface area contributed by atoms with Crippen LogP contribution in [0.5, 0.6) is 5.75 Å². The van der Waals surface area contributed by atoms with Gasteiger partial charge in [0.15, 0.2) is 11.6 Å². The van der Waals surface area contributed by atoms with E-state index in [4.69, 9.17) is 5.73 Å². The van der Waals surface area contributed by atoms with Crippen molar-refractivity contribution in [3.8, 4) is 5.75 Å². The van der Waals surface area contributed by atoms with Crippen LogP contribution in [0.1, 0.15) is 35.2 Å². The first kappa shape index (κ1) is 18.2. The van der Waals surface area contributed by atoms with Gasteiger partial charge in [0.25, 0.3) is 5.91 Å². The zero-order valence-electron chi connectivity index (χ0n) is 14.9. The number of aromatic hydroxyl groups is 1. The molecule has 8 heteroatoms. The van der Waals surface area contributed by atoms with Gasteiger partial charge in [-0.15, -0.1) is 0 Å². The summed E-state index contributed by atoms with van der Waals surface area (Å²) in [5.41, 5.74) is 4.96. The lowest BCUT2D eigenvalue weighted by molar-refractivity contribution is -0.128. The molecule has 1 unspecified atom stereocenters. The largest absolute Gasteiger partial charge is 0.511 e. The van der Waals surface area contributed by atoms with Crippen molar-refractivity contribution in [1.82, 2.24) is 0 Å². The van der Waals surface area contributed by atoms with E-state index in [1.807, 2.05) is 0 Å². The average molecular weight is 385 g/mol. The Morgan fingerprint density at radius 1 is 1.18 bits per heavy atom. The molecule has 0 saturated carbocycles. The maximum Gasteiger partial charge on any atom is 0.255 e. The second kappa shape index (κ2) is 5.93. The number of Topliss-reactive ketones (excluding diaryl/α,β-unsaturated/α-hetero) is 2. The number of hydrogen-bond donors (Lipinski definition) is 5. The van der Waals surface area contributed by atoms with E-state index in [0.717, 1.165) is 0 Å². The first-order chi connectivity index (χ1) is 13.2. The van der Waals surface area contributed by atoms with E-state index in [1.165, 1.54) is 6.07 Å². The van der Waals surface area contributed by atoms with Gasteiger partial charge in [0.2, 0.25) is 0 Å². The van der Waals surface area contributed by atoms with Crippen molar-refractivity contribution in [2.45, 2.75) is 25.4 Å². The molecule has 0 aliphatic heterocycles. The van der Waals surface area contributed by atoms with Gasteiger partial charge in [0, 0.05) is 23.8 Å². The molecule has 0 spiro atoms. The molecule has 5 atom stereocenters. The minimum absolute atomic E-state index is 0.0234. The summed E-state index contributed by atoms with van der Waals surface area (Å²) < 4.78 is 0. The molecule has 8 nitrogen and oxygen atoms in total. The Morgan fingerprint density at radius 3 is 2.50 bits per heavy atom. The number of nitrogens with two attached hydrogens (primary N) is 1. The fourth-order valence-electron chi connectivity index (χ4n) is 4.95. The number of aliphatic hydroxyl groups excluding tert-OH is 3. The number of amides is 1. The maximum atomic E-state index is 13.1. The summed E-state index contributed by atoms with van der Waals surface area (Å²) in [5, 5.41) is 42.1. The molecule has 4 rings (SSSR count). The van der Waals surface area contributed by atoms with Gasteiger partial charge in [-0.1, -0.05) is 19.1 Å². The predicted molar refractivity (Wildman–Crippen MR) is 95.5 cm³/mol. The van der Waals surface area contributed by atoms with Crippen molar-refractivity contribution in [2.24, 2.45) is 23.5 Å².